The molecule has 2 aromatic carbocycles. The number of anilines is 1. The predicted octanol–water partition coefficient (Wildman–Crippen LogP) is 2.76. The number of benzene rings is 2. The van der Waals surface area contributed by atoms with Gasteiger partial charge in [0.15, 0.2) is 11.5 Å². The second-order valence-electron chi connectivity index (χ2n) is 7.60. The molecule has 9 heteroatoms. The van der Waals surface area contributed by atoms with E-state index in [1.807, 2.05) is 24.3 Å². The van der Waals surface area contributed by atoms with Crippen molar-refractivity contribution in [2.45, 2.75) is 25.7 Å². The summed E-state index contributed by atoms with van der Waals surface area (Å²) in [5, 5.41) is 0. The number of hydrogen-bond acceptors (Lipinski definition) is 7. The van der Waals surface area contributed by atoms with Crippen molar-refractivity contribution in [3.05, 3.63) is 71.5 Å². The molecule has 2 heterocycles. The van der Waals surface area contributed by atoms with Gasteiger partial charge in [-0.1, -0.05) is 24.3 Å². The molecular formula is C23H23FN6O2. The second kappa shape index (κ2) is 7.92. The van der Waals surface area contributed by atoms with Crippen molar-refractivity contribution in [1.29, 1.82) is 0 Å². The summed E-state index contributed by atoms with van der Waals surface area (Å²) in [5.74, 6) is 0.369. The van der Waals surface area contributed by atoms with E-state index >= 15 is 0 Å². The summed E-state index contributed by atoms with van der Waals surface area (Å²) in [4.78, 5) is 27.5. The highest BCUT2D eigenvalue weighted by atomic mass is 19.1. The van der Waals surface area contributed by atoms with Crippen molar-refractivity contribution in [3.63, 3.8) is 0 Å². The highest BCUT2D eigenvalue weighted by Crippen LogP contribution is 2.41. The molecule has 8 nitrogen and oxygen atoms in total. The Kier molecular flexibility index (Phi) is 5.25. The number of aromatic nitrogens is 2. The summed E-state index contributed by atoms with van der Waals surface area (Å²) in [6, 6.07) is 12.5. The van der Waals surface area contributed by atoms with Crippen molar-refractivity contribution < 1.29 is 13.9 Å². The minimum Gasteiger partial charge on any atom is -0.460 e. The van der Waals surface area contributed by atoms with E-state index in [-0.39, 0.29) is 17.8 Å². The molecule has 1 aliphatic heterocycles. The van der Waals surface area contributed by atoms with E-state index in [9.17, 15) is 9.18 Å². The number of rotatable bonds is 5. The van der Waals surface area contributed by atoms with Gasteiger partial charge in [-0.15, -0.1) is 0 Å². The average Bonchev–Trinajstić information content (AvgIpc) is 3.00. The van der Waals surface area contributed by atoms with Crippen molar-refractivity contribution in [2.24, 2.45) is 10.7 Å². The Morgan fingerprint density at radius 3 is 2.34 bits per heavy atom. The molecular weight excluding hydrogens is 411 g/mol. The van der Waals surface area contributed by atoms with Gasteiger partial charge < -0.3 is 16.2 Å². The minimum absolute atomic E-state index is 0.103. The third-order valence-electron chi connectivity index (χ3n) is 5.41. The van der Waals surface area contributed by atoms with Crippen LogP contribution < -0.4 is 16.2 Å². The van der Waals surface area contributed by atoms with Crippen LogP contribution in [0.1, 0.15) is 23.6 Å². The summed E-state index contributed by atoms with van der Waals surface area (Å²) in [6.45, 7) is 3.09. The van der Waals surface area contributed by atoms with Crippen LogP contribution in [0.25, 0.3) is 11.1 Å². The fraction of sp³-hybridized carbons (Fsp3) is 0.217. The Labute approximate surface area is 184 Å². The highest BCUT2D eigenvalue weighted by molar-refractivity contribution is 6.09. The SMILES string of the molecule is Cc1cc(C2(c3cccc(-c4cnc(N)nc4)c3)N=C(N)N(C)C2=O)ccc1OC(C)F. The van der Waals surface area contributed by atoms with Crippen molar-refractivity contribution in [3.8, 4) is 16.9 Å². The van der Waals surface area contributed by atoms with Gasteiger partial charge in [0, 0.05) is 31.9 Å². The number of aryl methyl sites for hydroxylation is 1. The third-order valence-corrected chi connectivity index (χ3v) is 5.41. The summed E-state index contributed by atoms with van der Waals surface area (Å²) < 4.78 is 18.6. The Balaban J connectivity index is 1.88. The number of halogens is 1. The first-order chi connectivity index (χ1) is 15.2. The number of nitrogen functional groups attached to an aromatic ring is 1. The molecule has 0 bridgehead atoms. The number of nitrogens with two attached hydrogens (primary N) is 2. The molecule has 1 aliphatic rings. The lowest BCUT2D eigenvalue weighted by Crippen LogP contribution is -2.41. The zero-order valence-corrected chi connectivity index (χ0v) is 17.9. The lowest BCUT2D eigenvalue weighted by molar-refractivity contribution is -0.129. The van der Waals surface area contributed by atoms with Gasteiger partial charge in [0.25, 0.3) is 5.91 Å². The number of ether oxygens (including phenoxy) is 1. The molecule has 0 fully saturated rings. The number of carbonyl (C=O) groups is 1. The van der Waals surface area contributed by atoms with Crippen molar-refractivity contribution >= 4 is 17.8 Å². The van der Waals surface area contributed by atoms with Crippen LogP contribution in [-0.2, 0) is 10.3 Å². The number of aliphatic imine (C=N–C) groups is 1. The van der Waals surface area contributed by atoms with Gasteiger partial charge in [0.2, 0.25) is 12.3 Å². The summed E-state index contributed by atoms with van der Waals surface area (Å²) >= 11 is 0. The number of nitrogens with zero attached hydrogens (tertiary/aromatic N) is 4. The largest absolute Gasteiger partial charge is 0.460 e. The summed E-state index contributed by atoms with van der Waals surface area (Å²) in [5.41, 5.74) is 13.7. The van der Waals surface area contributed by atoms with Gasteiger partial charge >= 0.3 is 0 Å². The van der Waals surface area contributed by atoms with Gasteiger partial charge in [0.1, 0.15) is 5.75 Å². The van der Waals surface area contributed by atoms with Gasteiger partial charge in [-0.05, 0) is 47.4 Å². The second-order valence-corrected chi connectivity index (χ2v) is 7.60. The van der Waals surface area contributed by atoms with Crippen LogP contribution in [0.2, 0.25) is 0 Å². The van der Waals surface area contributed by atoms with E-state index in [0.717, 1.165) is 11.1 Å². The molecule has 2 unspecified atom stereocenters. The Bertz CT molecular complexity index is 1210. The van der Waals surface area contributed by atoms with E-state index in [0.29, 0.717) is 22.4 Å². The number of amides is 1. The monoisotopic (exact) mass is 434 g/mol. The molecule has 0 radical (unpaired) electrons. The molecule has 2 atom stereocenters. The van der Waals surface area contributed by atoms with Crippen LogP contribution in [0.3, 0.4) is 0 Å². The standard InChI is InChI=1S/C23H23FN6O2/c1-13-9-18(7-8-19(13)32-14(2)24)23(20(31)30(3)22(26)29-23)17-6-4-5-15(10-17)16-11-27-21(25)28-12-16/h4-12,14H,1-3H3,(H2,26,29)(H2,25,27,28). The average molecular weight is 434 g/mol. The van der Waals surface area contributed by atoms with E-state index in [2.05, 4.69) is 15.0 Å². The molecule has 0 spiro atoms. The van der Waals surface area contributed by atoms with Gasteiger partial charge in [-0.2, -0.15) is 0 Å². The molecule has 1 amide bonds. The van der Waals surface area contributed by atoms with Crippen LogP contribution in [-0.4, -0.2) is 40.1 Å². The zero-order chi connectivity index (χ0) is 23.0. The molecule has 32 heavy (non-hydrogen) atoms. The van der Waals surface area contributed by atoms with Crippen molar-refractivity contribution in [2.75, 3.05) is 12.8 Å². The maximum Gasteiger partial charge on any atom is 0.266 e. The van der Waals surface area contributed by atoms with E-state index in [4.69, 9.17) is 16.2 Å². The Morgan fingerprint density at radius 1 is 1.06 bits per heavy atom. The van der Waals surface area contributed by atoms with Crippen LogP contribution >= 0.6 is 0 Å². The first-order valence-electron chi connectivity index (χ1n) is 9.96. The molecule has 0 saturated carbocycles. The zero-order valence-electron chi connectivity index (χ0n) is 17.9. The molecule has 1 aromatic heterocycles. The molecule has 0 saturated heterocycles. The summed E-state index contributed by atoms with van der Waals surface area (Å²) in [6.07, 6.45) is 1.77. The van der Waals surface area contributed by atoms with E-state index in [1.165, 1.54) is 11.8 Å². The van der Waals surface area contributed by atoms with Gasteiger partial charge in [-0.25, -0.2) is 19.4 Å². The van der Waals surface area contributed by atoms with Gasteiger partial charge in [-0.3, -0.25) is 9.69 Å². The smallest absolute Gasteiger partial charge is 0.266 e. The Hall–Kier alpha value is -4.01. The van der Waals surface area contributed by atoms with Gasteiger partial charge in [0.05, 0.1) is 0 Å². The maximum absolute atomic E-state index is 13.5. The number of guanidine groups is 1. The number of carbonyl (C=O) groups excluding carboxylic acids is 1. The van der Waals surface area contributed by atoms with Crippen LogP contribution in [0.5, 0.6) is 5.75 Å². The number of hydrogen-bond donors (Lipinski definition) is 2. The third kappa shape index (κ3) is 3.51. The maximum atomic E-state index is 13.5. The highest BCUT2D eigenvalue weighted by Gasteiger charge is 2.49. The fourth-order valence-corrected chi connectivity index (χ4v) is 3.78. The van der Waals surface area contributed by atoms with E-state index < -0.39 is 11.9 Å². The molecule has 4 N–H and O–H groups in total. The molecule has 0 aliphatic carbocycles. The topological polar surface area (TPSA) is 120 Å². The minimum atomic E-state index is -1.46. The predicted molar refractivity (Wildman–Crippen MR) is 119 cm³/mol. The first kappa shape index (κ1) is 21.2. The normalized spacial score (nSPS) is 19.1. The number of alkyl halides is 1. The molecule has 4 rings (SSSR count). The number of likely N-dealkylation sites (N-methyl/N-ethyl adjacent to an activating group) is 1. The first-order valence-corrected chi connectivity index (χ1v) is 9.96. The lowest BCUT2D eigenvalue weighted by Gasteiger charge is -2.27. The fourth-order valence-electron chi connectivity index (χ4n) is 3.78. The Morgan fingerprint density at radius 2 is 1.75 bits per heavy atom. The quantitative estimate of drug-likeness (QED) is 0.637. The van der Waals surface area contributed by atoms with Crippen LogP contribution in [0.15, 0.2) is 59.9 Å². The summed E-state index contributed by atoms with van der Waals surface area (Å²) in [7, 11) is 1.58. The molecule has 164 valence electrons. The van der Waals surface area contributed by atoms with E-state index in [1.54, 1.807) is 44.6 Å². The molecule has 3 aromatic rings. The van der Waals surface area contributed by atoms with Crippen molar-refractivity contribution in [1.82, 2.24) is 14.9 Å². The van der Waals surface area contributed by atoms with Crippen LogP contribution in [0.4, 0.5) is 10.3 Å². The van der Waals surface area contributed by atoms with Crippen LogP contribution in [0, 0.1) is 6.92 Å². The lowest BCUT2D eigenvalue weighted by atomic mass is 9.81.